The third-order valence-electron chi connectivity index (χ3n) is 5.71. The molecule has 0 atom stereocenters. The van der Waals surface area contributed by atoms with Crippen LogP contribution in [0.1, 0.15) is 12.5 Å². The van der Waals surface area contributed by atoms with E-state index >= 15 is 0 Å². The van der Waals surface area contributed by atoms with Gasteiger partial charge < -0.3 is 0 Å². The summed E-state index contributed by atoms with van der Waals surface area (Å²) in [5.74, 6) is -0.115. The zero-order valence-corrected chi connectivity index (χ0v) is 21.0. The number of halogens is 2. The average molecular weight is 525 g/mol. The molecule has 0 bridgehead atoms. The molecule has 0 fully saturated rings. The predicted molar refractivity (Wildman–Crippen MR) is 144 cm³/mol. The van der Waals surface area contributed by atoms with Crippen molar-refractivity contribution >= 4 is 62.3 Å². The fraction of sp³-hybridized carbons (Fsp3) is 0.0741. The summed E-state index contributed by atoms with van der Waals surface area (Å²) in [4.78, 5) is 12.0. The predicted octanol–water partition coefficient (Wildman–Crippen LogP) is 6.29. The van der Waals surface area contributed by atoms with E-state index in [0.717, 1.165) is 21.9 Å². The van der Waals surface area contributed by atoms with Gasteiger partial charge in [0.2, 0.25) is 0 Å². The topological polar surface area (TPSA) is 29.1 Å². The summed E-state index contributed by atoms with van der Waals surface area (Å²) in [7, 11) is -2.50. The normalized spacial score (nSPS) is 11.7. The third kappa shape index (κ3) is 4.66. The molecule has 0 aliphatic heterocycles. The van der Waals surface area contributed by atoms with Gasteiger partial charge in [-0.1, -0.05) is 0 Å². The number of carbonyl (C=O) groups excluding carboxylic acids is 1. The van der Waals surface area contributed by atoms with Crippen LogP contribution in [0.5, 0.6) is 0 Å². The van der Waals surface area contributed by atoms with Crippen molar-refractivity contribution in [2.45, 2.75) is 13.1 Å². The molecule has 0 spiro atoms. The summed E-state index contributed by atoms with van der Waals surface area (Å²) in [6.07, 6.45) is 0.774. The van der Waals surface area contributed by atoms with Gasteiger partial charge in [0.15, 0.2) is 0 Å². The molecule has 0 aliphatic carbocycles. The Hall–Kier alpha value is -2.45. The first-order chi connectivity index (χ1) is 15.5. The summed E-state index contributed by atoms with van der Waals surface area (Å²) in [6, 6.07) is 36.1. The second-order valence-electron chi connectivity index (χ2n) is 7.78. The Kier molecular flexibility index (Phi) is 7.10. The van der Waals surface area contributed by atoms with Gasteiger partial charge >= 0.3 is 204 Å². The number of hydrogen-bond donors (Lipinski definition) is 1. The van der Waals surface area contributed by atoms with Crippen molar-refractivity contribution in [1.82, 2.24) is 0 Å². The fourth-order valence-corrected chi connectivity index (χ4v) is 9.62. The molecule has 1 amide bonds. The van der Waals surface area contributed by atoms with Crippen molar-refractivity contribution < 1.29 is 4.79 Å². The van der Waals surface area contributed by atoms with Crippen molar-refractivity contribution in [2.24, 2.45) is 0 Å². The summed E-state index contributed by atoms with van der Waals surface area (Å²) in [5.41, 5.74) is 1.81. The van der Waals surface area contributed by atoms with Gasteiger partial charge in [-0.2, -0.15) is 0 Å². The molecule has 2 nitrogen and oxygen atoms in total. The minimum atomic E-state index is -2.50. The molecule has 4 aromatic rings. The standard InChI is InChI=1S/C27H24BrClNOP/c1-20(31)30-27-18-26(29)25(28)17-21(27)19-32(22-11-5-2-6-12-22,23-13-7-3-8-14-23)24-15-9-4-10-16-24/h2-18,32H,19H2,1H3,(H,30,31). The number of hydrogen-bond acceptors (Lipinski definition) is 1. The van der Waals surface area contributed by atoms with Gasteiger partial charge in [0.05, 0.1) is 0 Å². The molecule has 0 aliphatic rings. The number of carbonyl (C=O) groups is 1. The molecule has 4 rings (SSSR count). The van der Waals surface area contributed by atoms with Crippen molar-refractivity contribution in [3.8, 4) is 0 Å². The Morgan fingerprint density at radius 2 is 1.25 bits per heavy atom. The number of anilines is 1. The SMILES string of the molecule is CC(=O)Nc1cc(Cl)c(Br)cc1C[PH](c1ccccc1)(c1ccccc1)c1ccccc1. The maximum absolute atomic E-state index is 12.0. The van der Waals surface area contributed by atoms with Crippen molar-refractivity contribution in [3.05, 3.63) is 118 Å². The van der Waals surface area contributed by atoms with Gasteiger partial charge in [0, 0.05) is 0 Å². The van der Waals surface area contributed by atoms with Crippen LogP contribution in [0.2, 0.25) is 5.02 Å². The second-order valence-corrected chi connectivity index (χ2v) is 12.9. The third-order valence-corrected chi connectivity index (χ3v) is 11.8. The van der Waals surface area contributed by atoms with Crippen LogP contribution in [0.25, 0.3) is 0 Å². The van der Waals surface area contributed by atoms with E-state index in [0.29, 0.717) is 5.02 Å². The molecule has 162 valence electrons. The fourth-order valence-electron chi connectivity index (χ4n) is 4.30. The Bertz CT molecular complexity index is 1120. The van der Waals surface area contributed by atoms with Crippen LogP contribution in [0.4, 0.5) is 5.69 Å². The van der Waals surface area contributed by atoms with Crippen molar-refractivity contribution in [3.63, 3.8) is 0 Å². The molecule has 32 heavy (non-hydrogen) atoms. The van der Waals surface area contributed by atoms with Crippen LogP contribution < -0.4 is 21.2 Å². The van der Waals surface area contributed by atoms with Crippen LogP contribution in [0, 0.1) is 0 Å². The minimum absolute atomic E-state index is 0.115. The maximum atomic E-state index is 12.0. The van der Waals surface area contributed by atoms with Gasteiger partial charge in [-0.3, -0.25) is 0 Å². The zero-order chi connectivity index (χ0) is 22.6. The Morgan fingerprint density at radius 3 is 1.66 bits per heavy atom. The van der Waals surface area contributed by atoms with Gasteiger partial charge in [-0.15, -0.1) is 0 Å². The summed E-state index contributed by atoms with van der Waals surface area (Å²) in [5, 5.41) is 7.52. The van der Waals surface area contributed by atoms with Crippen LogP contribution in [-0.2, 0) is 11.0 Å². The van der Waals surface area contributed by atoms with E-state index in [-0.39, 0.29) is 5.91 Å². The molecule has 1 N–H and O–H groups in total. The van der Waals surface area contributed by atoms with Crippen LogP contribution >= 0.6 is 34.8 Å². The molecule has 4 aromatic carbocycles. The number of rotatable bonds is 6. The summed E-state index contributed by atoms with van der Waals surface area (Å²) >= 11 is 10.00. The van der Waals surface area contributed by atoms with E-state index in [2.05, 4.69) is 112 Å². The molecule has 5 heteroatoms. The molecule has 0 aromatic heterocycles. The van der Waals surface area contributed by atoms with Crippen molar-refractivity contribution in [2.75, 3.05) is 5.32 Å². The van der Waals surface area contributed by atoms with Crippen molar-refractivity contribution in [1.29, 1.82) is 0 Å². The van der Waals surface area contributed by atoms with Crippen LogP contribution in [0.3, 0.4) is 0 Å². The molecular weight excluding hydrogens is 501 g/mol. The number of amides is 1. The van der Waals surface area contributed by atoms with Crippen LogP contribution in [0.15, 0.2) is 108 Å². The zero-order valence-electron chi connectivity index (χ0n) is 17.7. The number of nitrogens with one attached hydrogen (secondary N) is 1. The van der Waals surface area contributed by atoms with Gasteiger partial charge in [0.25, 0.3) is 0 Å². The van der Waals surface area contributed by atoms with E-state index in [9.17, 15) is 4.79 Å². The van der Waals surface area contributed by atoms with E-state index in [1.54, 1.807) is 0 Å². The van der Waals surface area contributed by atoms with Gasteiger partial charge in [-0.05, 0) is 0 Å². The van der Waals surface area contributed by atoms with E-state index in [4.69, 9.17) is 11.6 Å². The first-order valence-electron chi connectivity index (χ1n) is 10.4. The molecule has 0 unspecified atom stereocenters. The van der Waals surface area contributed by atoms with Gasteiger partial charge in [-0.25, -0.2) is 0 Å². The molecular formula is C27H24BrClNOP. The van der Waals surface area contributed by atoms with Gasteiger partial charge in [0.1, 0.15) is 0 Å². The van der Waals surface area contributed by atoms with E-state index in [1.807, 2.05) is 12.1 Å². The Morgan fingerprint density at radius 1 is 0.812 bits per heavy atom. The molecule has 0 saturated heterocycles. The van der Waals surface area contributed by atoms with E-state index < -0.39 is 7.26 Å². The second kappa shape index (κ2) is 10.0. The summed E-state index contributed by atoms with van der Waals surface area (Å²) in [6.45, 7) is 1.52. The quantitative estimate of drug-likeness (QED) is 0.295. The first kappa shape index (κ1) is 22.7. The monoisotopic (exact) mass is 523 g/mol. The summed E-state index contributed by atoms with van der Waals surface area (Å²) < 4.78 is 0.820. The van der Waals surface area contributed by atoms with E-state index in [1.165, 1.54) is 22.8 Å². The average Bonchev–Trinajstić information content (AvgIpc) is 2.82. The number of benzene rings is 4. The molecule has 0 heterocycles. The van der Waals surface area contributed by atoms with Crippen LogP contribution in [-0.4, -0.2) is 5.91 Å². The Labute approximate surface area is 203 Å². The molecule has 0 saturated carbocycles. The molecule has 0 radical (unpaired) electrons. The Balaban J connectivity index is 2.02. The first-order valence-corrected chi connectivity index (χ1v) is 13.8.